The molecule has 0 bridgehead atoms. The minimum Gasteiger partial charge on any atom is -0.394 e. The van der Waals surface area contributed by atoms with Crippen molar-refractivity contribution < 1.29 is 4.79 Å². The third-order valence-electron chi connectivity index (χ3n) is 0.983. The largest absolute Gasteiger partial charge is 0.394 e. The predicted octanol–water partition coefficient (Wildman–Crippen LogP) is 0.945. The number of carbonyl (C=O) groups excluding carboxylic acids is 1. The summed E-state index contributed by atoms with van der Waals surface area (Å²) in [5, 5.41) is 2.75. The molecule has 0 spiro atoms. The van der Waals surface area contributed by atoms with Crippen molar-refractivity contribution in [1.82, 2.24) is 5.32 Å². The number of hydrogen-bond donors (Lipinski definition) is 1. The SMILES string of the molecule is CN/C=C/C(=O)C(C)C. The first-order valence-electron chi connectivity index (χ1n) is 3.06. The summed E-state index contributed by atoms with van der Waals surface area (Å²) in [4.78, 5) is 10.8. The first-order chi connectivity index (χ1) is 4.18. The Morgan fingerprint density at radius 1 is 1.56 bits per heavy atom. The number of hydrogen-bond acceptors (Lipinski definition) is 2. The average molecular weight is 127 g/mol. The van der Waals surface area contributed by atoms with Gasteiger partial charge in [-0.3, -0.25) is 4.79 Å². The molecule has 2 nitrogen and oxygen atoms in total. The van der Waals surface area contributed by atoms with E-state index in [0.29, 0.717) is 0 Å². The molecular weight excluding hydrogens is 114 g/mol. The first kappa shape index (κ1) is 8.21. The lowest BCUT2D eigenvalue weighted by Crippen LogP contribution is -2.04. The molecule has 1 N–H and O–H groups in total. The molecule has 0 unspecified atom stereocenters. The number of rotatable bonds is 3. The number of allylic oxidation sites excluding steroid dienone is 1. The van der Waals surface area contributed by atoms with Gasteiger partial charge >= 0.3 is 0 Å². The van der Waals surface area contributed by atoms with Crippen molar-refractivity contribution in [1.29, 1.82) is 0 Å². The minimum atomic E-state index is 0.106. The number of nitrogens with one attached hydrogen (secondary N) is 1. The summed E-state index contributed by atoms with van der Waals surface area (Å²) in [5.41, 5.74) is 0. The molecule has 2 heteroatoms. The van der Waals surface area contributed by atoms with E-state index in [4.69, 9.17) is 0 Å². The molecule has 0 aliphatic carbocycles. The topological polar surface area (TPSA) is 29.1 Å². The van der Waals surface area contributed by atoms with Crippen LogP contribution in [0.3, 0.4) is 0 Å². The summed E-state index contributed by atoms with van der Waals surface area (Å²) < 4.78 is 0. The van der Waals surface area contributed by atoms with Crippen LogP contribution in [0, 0.1) is 5.92 Å². The van der Waals surface area contributed by atoms with E-state index in [1.54, 1.807) is 19.3 Å². The highest BCUT2D eigenvalue weighted by atomic mass is 16.1. The monoisotopic (exact) mass is 127 g/mol. The van der Waals surface area contributed by atoms with Crippen LogP contribution in [0.1, 0.15) is 13.8 Å². The smallest absolute Gasteiger partial charge is 0.159 e. The van der Waals surface area contributed by atoms with Crippen LogP contribution >= 0.6 is 0 Å². The Hall–Kier alpha value is -0.790. The molecule has 0 saturated carbocycles. The van der Waals surface area contributed by atoms with E-state index in [9.17, 15) is 4.79 Å². The Balaban J connectivity index is 3.63. The maximum atomic E-state index is 10.8. The molecule has 0 amide bonds. The Bertz CT molecular complexity index is 116. The van der Waals surface area contributed by atoms with Crippen molar-refractivity contribution in [3.05, 3.63) is 12.3 Å². The van der Waals surface area contributed by atoms with Crippen LogP contribution in [0.25, 0.3) is 0 Å². The molecule has 0 radical (unpaired) electrons. The maximum absolute atomic E-state index is 10.8. The molecule has 0 saturated heterocycles. The second-order valence-electron chi connectivity index (χ2n) is 2.18. The van der Waals surface area contributed by atoms with Gasteiger partial charge in [-0.25, -0.2) is 0 Å². The maximum Gasteiger partial charge on any atom is 0.159 e. The molecule has 0 atom stereocenters. The van der Waals surface area contributed by atoms with Crippen molar-refractivity contribution >= 4 is 5.78 Å². The standard InChI is InChI=1S/C7H13NO/c1-6(2)7(9)4-5-8-3/h4-6,8H,1-3H3/b5-4+. The van der Waals surface area contributed by atoms with Gasteiger partial charge in [-0.15, -0.1) is 0 Å². The number of ketones is 1. The van der Waals surface area contributed by atoms with Gasteiger partial charge < -0.3 is 5.32 Å². The molecular formula is C7H13NO. The van der Waals surface area contributed by atoms with Crippen LogP contribution in [-0.4, -0.2) is 12.8 Å². The highest BCUT2D eigenvalue weighted by molar-refractivity contribution is 5.90. The predicted molar refractivity (Wildman–Crippen MR) is 38.0 cm³/mol. The Labute approximate surface area is 56.0 Å². The Morgan fingerprint density at radius 3 is 2.44 bits per heavy atom. The fourth-order valence-corrected chi connectivity index (χ4v) is 0.358. The summed E-state index contributed by atoms with van der Waals surface area (Å²) in [6.45, 7) is 3.75. The molecule has 9 heavy (non-hydrogen) atoms. The van der Waals surface area contributed by atoms with Crippen LogP contribution in [0.4, 0.5) is 0 Å². The zero-order valence-corrected chi connectivity index (χ0v) is 6.14. The van der Waals surface area contributed by atoms with Crippen molar-refractivity contribution in [2.24, 2.45) is 5.92 Å². The third-order valence-corrected chi connectivity index (χ3v) is 0.983. The van der Waals surface area contributed by atoms with Gasteiger partial charge in [0.2, 0.25) is 0 Å². The molecule has 0 aromatic heterocycles. The van der Waals surface area contributed by atoms with Crippen LogP contribution in [0.5, 0.6) is 0 Å². The van der Waals surface area contributed by atoms with Gasteiger partial charge in [-0.05, 0) is 12.3 Å². The lowest BCUT2D eigenvalue weighted by atomic mass is 10.1. The molecule has 0 aromatic carbocycles. The fraction of sp³-hybridized carbons (Fsp3) is 0.571. The van der Waals surface area contributed by atoms with Gasteiger partial charge in [0.05, 0.1) is 0 Å². The zero-order chi connectivity index (χ0) is 7.28. The van der Waals surface area contributed by atoms with Gasteiger partial charge in [0.1, 0.15) is 0 Å². The summed E-state index contributed by atoms with van der Waals surface area (Å²) in [6, 6.07) is 0. The van der Waals surface area contributed by atoms with Crippen molar-refractivity contribution in [3.8, 4) is 0 Å². The Morgan fingerprint density at radius 2 is 2.11 bits per heavy atom. The molecule has 0 aliphatic rings. The van der Waals surface area contributed by atoms with Crippen LogP contribution in [-0.2, 0) is 4.79 Å². The summed E-state index contributed by atoms with van der Waals surface area (Å²) in [5.74, 6) is 0.263. The second-order valence-corrected chi connectivity index (χ2v) is 2.18. The third kappa shape index (κ3) is 3.76. The lowest BCUT2D eigenvalue weighted by Gasteiger charge is -1.95. The van der Waals surface area contributed by atoms with E-state index in [0.717, 1.165) is 0 Å². The Kier molecular flexibility index (Phi) is 3.76. The van der Waals surface area contributed by atoms with Gasteiger partial charge in [0, 0.05) is 13.0 Å². The highest BCUT2D eigenvalue weighted by Crippen LogP contribution is 1.93. The molecule has 0 heterocycles. The van der Waals surface area contributed by atoms with E-state index in [1.165, 1.54) is 0 Å². The summed E-state index contributed by atoms with van der Waals surface area (Å²) in [6.07, 6.45) is 3.19. The quantitative estimate of drug-likeness (QED) is 0.572. The van der Waals surface area contributed by atoms with Crippen LogP contribution in [0.2, 0.25) is 0 Å². The second kappa shape index (κ2) is 4.13. The van der Waals surface area contributed by atoms with Gasteiger partial charge in [-0.2, -0.15) is 0 Å². The van der Waals surface area contributed by atoms with E-state index in [2.05, 4.69) is 5.32 Å². The minimum absolute atomic E-state index is 0.106. The molecule has 0 rings (SSSR count). The van der Waals surface area contributed by atoms with Crippen LogP contribution < -0.4 is 5.32 Å². The van der Waals surface area contributed by atoms with E-state index >= 15 is 0 Å². The van der Waals surface area contributed by atoms with Gasteiger partial charge in [0.25, 0.3) is 0 Å². The molecule has 52 valence electrons. The van der Waals surface area contributed by atoms with Crippen molar-refractivity contribution in [2.75, 3.05) is 7.05 Å². The molecule has 0 aromatic rings. The van der Waals surface area contributed by atoms with Gasteiger partial charge in [-0.1, -0.05) is 13.8 Å². The summed E-state index contributed by atoms with van der Waals surface area (Å²) in [7, 11) is 1.77. The molecule has 0 fully saturated rings. The van der Waals surface area contributed by atoms with E-state index in [-0.39, 0.29) is 11.7 Å². The van der Waals surface area contributed by atoms with Gasteiger partial charge in [0.15, 0.2) is 5.78 Å². The van der Waals surface area contributed by atoms with Crippen LogP contribution in [0.15, 0.2) is 12.3 Å². The average Bonchev–Trinajstić information content (AvgIpc) is 1.82. The molecule has 0 aliphatic heterocycles. The fourth-order valence-electron chi connectivity index (χ4n) is 0.358. The zero-order valence-electron chi connectivity index (χ0n) is 6.14. The lowest BCUT2D eigenvalue weighted by molar-refractivity contribution is -0.117. The van der Waals surface area contributed by atoms with E-state index < -0.39 is 0 Å². The van der Waals surface area contributed by atoms with Crippen molar-refractivity contribution in [2.45, 2.75) is 13.8 Å². The summed E-state index contributed by atoms with van der Waals surface area (Å²) >= 11 is 0. The first-order valence-corrected chi connectivity index (χ1v) is 3.06. The highest BCUT2D eigenvalue weighted by Gasteiger charge is 1.99. The number of carbonyl (C=O) groups is 1. The van der Waals surface area contributed by atoms with Crippen molar-refractivity contribution in [3.63, 3.8) is 0 Å². The normalized spacial score (nSPS) is 10.7. The van der Waals surface area contributed by atoms with E-state index in [1.807, 2.05) is 13.8 Å².